The number of aryl methyl sites for hydroxylation is 1. The molecule has 0 saturated heterocycles. The number of benzene rings is 2. The zero-order valence-electron chi connectivity index (χ0n) is 16.8. The first-order valence-electron chi connectivity index (χ1n) is 9.67. The molecule has 6 nitrogen and oxygen atoms in total. The van der Waals surface area contributed by atoms with Crippen LogP contribution in [-0.2, 0) is 14.3 Å². The van der Waals surface area contributed by atoms with Gasteiger partial charge in [-0.05, 0) is 24.5 Å². The number of nitrogens with zero attached hydrogens (tertiary/aromatic N) is 1. The van der Waals surface area contributed by atoms with Gasteiger partial charge in [-0.15, -0.1) is 0 Å². The third-order valence-corrected chi connectivity index (χ3v) is 4.91. The number of carbonyl (C=O) groups is 3. The Bertz CT molecular complexity index is 936. The van der Waals surface area contributed by atoms with Crippen molar-refractivity contribution in [3.05, 3.63) is 65.2 Å². The zero-order valence-corrected chi connectivity index (χ0v) is 16.8. The number of ketones is 1. The monoisotopic (exact) mass is 395 g/mol. The molecule has 0 spiro atoms. The predicted octanol–water partition coefficient (Wildman–Crippen LogP) is 3.78. The van der Waals surface area contributed by atoms with Crippen molar-refractivity contribution in [1.82, 2.24) is 0 Å². The topological polar surface area (TPSA) is 83.9 Å². The summed E-state index contributed by atoms with van der Waals surface area (Å²) in [5.74, 6) is -1.72. The summed E-state index contributed by atoms with van der Waals surface area (Å²) in [6.45, 7) is 6.19. The molecule has 1 heterocycles. The maximum Gasteiger partial charge on any atom is 0.306 e. The van der Waals surface area contributed by atoms with Crippen LogP contribution in [0.15, 0.2) is 48.5 Å². The van der Waals surface area contributed by atoms with Crippen LogP contribution in [0.2, 0.25) is 0 Å². The Hall–Kier alpha value is -2.99. The molecule has 29 heavy (non-hydrogen) atoms. The molecule has 0 aliphatic carbocycles. The quantitative estimate of drug-likeness (QED) is 0.753. The lowest BCUT2D eigenvalue weighted by Crippen LogP contribution is -2.42. The van der Waals surface area contributed by atoms with Crippen LogP contribution in [0.4, 0.5) is 5.69 Å². The molecule has 1 N–H and O–H groups in total. The fraction of sp³-hybridized carbons (Fsp3) is 0.348. The van der Waals surface area contributed by atoms with Gasteiger partial charge in [-0.25, -0.2) is 0 Å². The first kappa shape index (κ1) is 20.7. The Labute approximate surface area is 170 Å². The second kappa shape index (κ2) is 8.57. The summed E-state index contributed by atoms with van der Waals surface area (Å²) in [4.78, 5) is 39.5. The number of anilines is 1. The van der Waals surface area contributed by atoms with Gasteiger partial charge < -0.3 is 14.7 Å². The van der Waals surface area contributed by atoms with Gasteiger partial charge in [0.15, 0.2) is 5.78 Å². The van der Waals surface area contributed by atoms with Gasteiger partial charge in [0, 0.05) is 23.4 Å². The number of Topliss-reactive ketones (excluding diaryl/α,β-unsaturated/α-hetero) is 1. The first-order valence-corrected chi connectivity index (χ1v) is 9.67. The van der Waals surface area contributed by atoms with Gasteiger partial charge in [0.2, 0.25) is 0 Å². The average Bonchev–Trinajstić information content (AvgIpc) is 2.78. The number of ether oxygens (including phenoxy) is 1. The highest BCUT2D eigenvalue weighted by Crippen LogP contribution is 2.37. The highest BCUT2D eigenvalue weighted by molar-refractivity contribution is 6.05. The van der Waals surface area contributed by atoms with Gasteiger partial charge >= 0.3 is 5.97 Å². The van der Waals surface area contributed by atoms with Gasteiger partial charge in [0.05, 0.1) is 6.42 Å². The Morgan fingerprint density at radius 1 is 1.10 bits per heavy atom. The lowest BCUT2D eigenvalue weighted by atomic mass is 9.95. The molecule has 2 aromatic rings. The summed E-state index contributed by atoms with van der Waals surface area (Å²) in [5.41, 5.74) is 2.45. The van der Waals surface area contributed by atoms with E-state index in [0.717, 1.165) is 5.56 Å². The molecular formula is C23H25NO5. The van der Waals surface area contributed by atoms with Crippen molar-refractivity contribution < 1.29 is 24.2 Å². The minimum absolute atomic E-state index is 0.154. The number of carbonyl (C=O) groups excluding carboxylic acids is 2. The van der Waals surface area contributed by atoms with Crippen LogP contribution in [0.3, 0.4) is 0 Å². The van der Waals surface area contributed by atoms with Crippen LogP contribution < -0.4 is 4.90 Å². The van der Waals surface area contributed by atoms with Crippen LogP contribution in [0.5, 0.6) is 0 Å². The van der Waals surface area contributed by atoms with E-state index < -0.39 is 30.5 Å². The maximum atomic E-state index is 13.4. The van der Waals surface area contributed by atoms with E-state index >= 15 is 0 Å². The molecule has 0 fully saturated rings. The zero-order chi connectivity index (χ0) is 21.1. The molecule has 0 aromatic heterocycles. The number of rotatable bonds is 6. The van der Waals surface area contributed by atoms with Gasteiger partial charge in [-0.3, -0.25) is 14.4 Å². The fourth-order valence-corrected chi connectivity index (χ4v) is 3.58. The Morgan fingerprint density at radius 3 is 2.41 bits per heavy atom. The number of aliphatic carboxylic acids is 1. The summed E-state index contributed by atoms with van der Waals surface area (Å²) in [7, 11) is 0. The van der Waals surface area contributed by atoms with Crippen molar-refractivity contribution in [2.75, 3.05) is 11.4 Å². The number of para-hydroxylation sites is 1. The molecule has 1 aliphatic heterocycles. The first-order chi connectivity index (χ1) is 13.8. The van der Waals surface area contributed by atoms with E-state index in [9.17, 15) is 19.5 Å². The smallest absolute Gasteiger partial charge is 0.306 e. The van der Waals surface area contributed by atoms with E-state index in [2.05, 4.69) is 0 Å². The summed E-state index contributed by atoms with van der Waals surface area (Å²) in [6, 6.07) is 14.3. The normalized spacial score (nSPS) is 19.0. The van der Waals surface area contributed by atoms with Crippen molar-refractivity contribution in [3.8, 4) is 0 Å². The largest absolute Gasteiger partial charge is 0.481 e. The highest BCUT2D eigenvalue weighted by Gasteiger charge is 2.40. The third-order valence-electron chi connectivity index (χ3n) is 4.91. The maximum absolute atomic E-state index is 13.4. The number of hydrogen-bond donors (Lipinski definition) is 1. The Kier molecular flexibility index (Phi) is 6.13. The van der Waals surface area contributed by atoms with E-state index in [-0.39, 0.29) is 11.7 Å². The minimum atomic E-state index is -1.24. The standard InChI is InChI=1S/C23H25NO5/c1-14(2)13-24-18-11-7-6-10-17(18)22(29-19(23(24)28)12-20(25)26)21(27)16-9-5-4-8-15(16)3/h4-11,14,19,22H,12-13H2,1-3H3,(H,25,26)/t19-,22+/m0/s1. The molecule has 152 valence electrons. The molecule has 2 aromatic carbocycles. The van der Waals surface area contributed by atoms with E-state index in [1.807, 2.05) is 32.9 Å². The Morgan fingerprint density at radius 2 is 1.76 bits per heavy atom. The number of amides is 1. The molecule has 3 rings (SSSR count). The summed E-state index contributed by atoms with van der Waals surface area (Å²) in [5, 5.41) is 9.31. The molecule has 2 atom stereocenters. The van der Waals surface area contributed by atoms with E-state index in [1.54, 1.807) is 41.3 Å². The van der Waals surface area contributed by atoms with Gasteiger partial charge in [-0.1, -0.05) is 56.3 Å². The summed E-state index contributed by atoms with van der Waals surface area (Å²) < 4.78 is 5.92. The number of fused-ring (bicyclic) bond motifs is 1. The lowest BCUT2D eigenvalue weighted by molar-refractivity contribution is -0.146. The predicted molar refractivity (Wildman–Crippen MR) is 109 cm³/mol. The van der Waals surface area contributed by atoms with E-state index in [4.69, 9.17) is 4.74 Å². The molecule has 0 radical (unpaired) electrons. The summed E-state index contributed by atoms with van der Waals surface area (Å²) >= 11 is 0. The van der Waals surface area contributed by atoms with Gasteiger partial charge in [-0.2, -0.15) is 0 Å². The minimum Gasteiger partial charge on any atom is -0.481 e. The molecular weight excluding hydrogens is 370 g/mol. The molecule has 6 heteroatoms. The van der Waals surface area contributed by atoms with E-state index in [1.165, 1.54) is 0 Å². The van der Waals surface area contributed by atoms with Crippen LogP contribution in [0, 0.1) is 12.8 Å². The Balaban J connectivity index is 2.13. The van der Waals surface area contributed by atoms with Crippen molar-refractivity contribution in [3.63, 3.8) is 0 Å². The number of carboxylic acid groups (broad SMARTS) is 1. The van der Waals surface area contributed by atoms with Crippen LogP contribution in [-0.4, -0.2) is 35.4 Å². The molecule has 1 amide bonds. The van der Waals surface area contributed by atoms with Crippen molar-refractivity contribution in [2.45, 2.75) is 39.4 Å². The highest BCUT2D eigenvalue weighted by atomic mass is 16.5. The SMILES string of the molecule is Cc1ccccc1C(=O)[C@@H]1O[C@@H](CC(=O)O)C(=O)N(CC(C)C)c2ccccc21. The number of hydrogen-bond acceptors (Lipinski definition) is 4. The second-order valence-corrected chi connectivity index (χ2v) is 7.68. The van der Waals surface area contributed by atoms with Crippen LogP contribution in [0.1, 0.15) is 47.9 Å². The molecule has 0 unspecified atom stereocenters. The second-order valence-electron chi connectivity index (χ2n) is 7.68. The van der Waals surface area contributed by atoms with Crippen molar-refractivity contribution >= 4 is 23.3 Å². The van der Waals surface area contributed by atoms with Crippen molar-refractivity contribution in [1.29, 1.82) is 0 Å². The van der Waals surface area contributed by atoms with Gasteiger partial charge in [0.1, 0.15) is 12.2 Å². The summed E-state index contributed by atoms with van der Waals surface area (Å²) in [6.07, 6.45) is -2.80. The van der Waals surface area contributed by atoms with E-state index in [0.29, 0.717) is 23.4 Å². The van der Waals surface area contributed by atoms with Crippen LogP contribution in [0.25, 0.3) is 0 Å². The van der Waals surface area contributed by atoms with Gasteiger partial charge in [0.25, 0.3) is 5.91 Å². The fourth-order valence-electron chi connectivity index (χ4n) is 3.58. The molecule has 0 saturated carbocycles. The lowest BCUT2D eigenvalue weighted by Gasteiger charge is -2.26. The third kappa shape index (κ3) is 4.38. The molecule has 1 aliphatic rings. The van der Waals surface area contributed by atoms with Crippen LogP contribution >= 0.6 is 0 Å². The molecule has 0 bridgehead atoms. The number of carboxylic acids is 1. The van der Waals surface area contributed by atoms with Crippen molar-refractivity contribution in [2.24, 2.45) is 5.92 Å². The average molecular weight is 395 g/mol.